The molecule has 2 spiro atoms. The largest absolute Gasteiger partial charge is 0.295 e. The fourth-order valence-corrected chi connectivity index (χ4v) is 15.4. The third kappa shape index (κ3) is 3.49. The normalized spacial score (nSPS) is 44.2. The molecule has 0 aromatic carbocycles. The zero-order valence-corrected chi connectivity index (χ0v) is 26.7. The Kier molecular flexibility index (Phi) is 5.94. The quantitative estimate of drug-likeness (QED) is 0.477. The second-order valence-corrected chi connectivity index (χ2v) is 18.9. The van der Waals surface area contributed by atoms with Gasteiger partial charge in [-0.3, -0.25) is 15.0 Å². The summed E-state index contributed by atoms with van der Waals surface area (Å²) in [4.78, 5) is 25.3. The lowest BCUT2D eigenvalue weighted by Crippen LogP contribution is -2.56. The summed E-state index contributed by atoms with van der Waals surface area (Å²) in [6, 6.07) is -0.312. The minimum Gasteiger partial charge on any atom is -0.295 e. The number of sulfonamides is 2. The van der Waals surface area contributed by atoms with Crippen LogP contribution in [0.5, 0.6) is 0 Å². The van der Waals surface area contributed by atoms with E-state index in [4.69, 9.17) is 0 Å². The number of hydrogen-bond donors (Lipinski definition) is 1. The average molecular weight is 609 g/mol. The SMILES string of the molecule is C=C(C)C(=O)N1[C@@H]2CC3CC[C@]2(CS1(=O)=O)C3(C)C.CC1(C)C2CC[C@]13CS(=O)(=O)N(C(=O)[C@@]1(C)CC=NN1)[C@@H]3C2. The molecule has 4 saturated carbocycles. The minimum absolute atomic E-state index is 0.00877. The van der Waals surface area contributed by atoms with Gasteiger partial charge in [0.2, 0.25) is 20.0 Å². The molecule has 3 heterocycles. The van der Waals surface area contributed by atoms with E-state index in [2.05, 4.69) is 44.8 Å². The Labute approximate surface area is 244 Å². The highest BCUT2D eigenvalue weighted by Crippen LogP contribution is 2.71. The van der Waals surface area contributed by atoms with E-state index in [0.29, 0.717) is 23.8 Å². The van der Waals surface area contributed by atoms with E-state index in [-0.39, 0.29) is 51.2 Å². The van der Waals surface area contributed by atoms with Crippen LogP contribution in [0.1, 0.15) is 86.5 Å². The van der Waals surface area contributed by atoms with Gasteiger partial charge in [-0.2, -0.15) is 5.10 Å². The number of rotatable bonds is 2. The van der Waals surface area contributed by atoms with E-state index in [1.807, 2.05) is 0 Å². The van der Waals surface area contributed by atoms with Gasteiger partial charge >= 0.3 is 0 Å². The number of hydrogen-bond acceptors (Lipinski definition) is 8. The van der Waals surface area contributed by atoms with Crippen molar-refractivity contribution >= 4 is 38.1 Å². The molecule has 4 aliphatic carbocycles. The topological polar surface area (TPSA) is 133 Å². The molecule has 0 aromatic rings. The molecule has 4 bridgehead atoms. The molecule has 7 rings (SSSR count). The highest BCUT2D eigenvalue weighted by atomic mass is 32.2. The van der Waals surface area contributed by atoms with Crippen molar-refractivity contribution in [2.45, 2.75) is 104 Å². The van der Waals surface area contributed by atoms with Crippen molar-refractivity contribution < 1.29 is 26.4 Å². The predicted octanol–water partition coefficient (Wildman–Crippen LogP) is 3.02. The van der Waals surface area contributed by atoms with E-state index < -0.39 is 31.5 Å². The third-order valence-electron chi connectivity index (χ3n) is 13.0. The maximum atomic E-state index is 13.0. The van der Waals surface area contributed by atoms with Gasteiger partial charge in [0.05, 0.1) is 23.6 Å². The van der Waals surface area contributed by atoms with Crippen LogP contribution >= 0.6 is 0 Å². The van der Waals surface area contributed by atoms with Crippen LogP contribution in [0.15, 0.2) is 17.3 Å². The predicted molar refractivity (Wildman–Crippen MR) is 155 cm³/mol. The van der Waals surface area contributed by atoms with Gasteiger partial charge in [0.25, 0.3) is 11.8 Å². The molecule has 3 aliphatic heterocycles. The summed E-state index contributed by atoms with van der Waals surface area (Å²) in [7, 11) is -7.03. The third-order valence-corrected chi connectivity index (χ3v) is 16.8. The maximum Gasteiger partial charge on any atom is 0.263 e. The van der Waals surface area contributed by atoms with Crippen LogP contribution in [-0.2, 0) is 29.6 Å². The lowest BCUT2D eigenvalue weighted by molar-refractivity contribution is -0.135. The number of amides is 2. The minimum atomic E-state index is -3.55. The van der Waals surface area contributed by atoms with Crippen molar-refractivity contribution in [2.75, 3.05) is 11.5 Å². The highest BCUT2D eigenvalue weighted by molar-refractivity contribution is 7.90. The fraction of sp³-hybridized carbons (Fsp3) is 0.828. The lowest BCUT2D eigenvalue weighted by atomic mass is 9.69. The van der Waals surface area contributed by atoms with Crippen molar-refractivity contribution in [2.24, 2.45) is 38.6 Å². The van der Waals surface area contributed by atoms with Crippen LogP contribution in [0.3, 0.4) is 0 Å². The molecule has 0 aromatic heterocycles. The zero-order chi connectivity index (χ0) is 30.2. The lowest BCUT2D eigenvalue weighted by Gasteiger charge is -2.38. The Bertz CT molecular complexity index is 1480. The standard InChI is InChI=1S/C15H23N3O3S.C14H21NO3S/c1-13(2)10-4-5-15(13)9-22(20,21)18(11(15)8-10)12(19)14(3)6-7-16-17-14;1-9(2)12(16)15-11-7-10-5-6-14(11,13(10,3)4)8-19(15,17)18/h7,10-11,17H,4-6,8-9H2,1-3H3;10-11H,1,5-8H2,2-4H3/t10?,11-,14-,15-;10?,11-,14-/m11/s1. The molecule has 1 N–H and O–H groups in total. The monoisotopic (exact) mass is 608 g/mol. The Hall–Kier alpha value is -1.95. The van der Waals surface area contributed by atoms with E-state index in [1.165, 1.54) is 4.31 Å². The molecule has 10 nitrogen and oxygen atoms in total. The molecule has 0 radical (unpaired) electrons. The summed E-state index contributed by atoms with van der Waals surface area (Å²) in [5.74, 6) is 0.557. The fourth-order valence-electron chi connectivity index (χ4n) is 10.1. The Morgan fingerprint density at radius 3 is 1.73 bits per heavy atom. The number of nitrogens with one attached hydrogen (secondary N) is 1. The van der Waals surface area contributed by atoms with Gasteiger partial charge in [-0.05, 0) is 75.0 Å². The van der Waals surface area contributed by atoms with Crippen LogP contribution in [0.25, 0.3) is 0 Å². The van der Waals surface area contributed by atoms with Gasteiger partial charge in [0.1, 0.15) is 5.54 Å². The van der Waals surface area contributed by atoms with Gasteiger partial charge in [-0.15, -0.1) is 0 Å². The molecular weight excluding hydrogens is 564 g/mol. The first kappa shape index (κ1) is 29.1. The summed E-state index contributed by atoms with van der Waals surface area (Å²) >= 11 is 0. The van der Waals surface area contributed by atoms with E-state index in [9.17, 15) is 26.4 Å². The van der Waals surface area contributed by atoms with Crippen LogP contribution < -0.4 is 5.43 Å². The average Bonchev–Trinajstić information content (AvgIpc) is 3.65. The second kappa shape index (κ2) is 8.36. The zero-order valence-electron chi connectivity index (χ0n) is 25.1. The Morgan fingerprint density at radius 1 is 0.854 bits per heavy atom. The molecule has 7 atom stereocenters. The van der Waals surface area contributed by atoms with E-state index in [0.717, 1.165) is 42.8 Å². The maximum absolute atomic E-state index is 13.0. The van der Waals surface area contributed by atoms with Crippen LogP contribution in [0, 0.1) is 33.5 Å². The van der Waals surface area contributed by atoms with Gasteiger partial charge in [-0.25, -0.2) is 25.4 Å². The van der Waals surface area contributed by atoms with E-state index >= 15 is 0 Å². The van der Waals surface area contributed by atoms with E-state index in [1.54, 1.807) is 20.1 Å². The molecule has 41 heavy (non-hydrogen) atoms. The molecule has 228 valence electrons. The molecule has 2 unspecified atom stereocenters. The number of nitrogens with zero attached hydrogens (tertiary/aromatic N) is 3. The summed E-state index contributed by atoms with van der Waals surface area (Å²) < 4.78 is 53.0. The van der Waals surface area contributed by atoms with Gasteiger partial charge in [-0.1, -0.05) is 34.3 Å². The van der Waals surface area contributed by atoms with Crippen LogP contribution in [-0.4, -0.2) is 72.6 Å². The second-order valence-electron chi connectivity index (χ2n) is 15.2. The first-order valence-corrected chi connectivity index (χ1v) is 18.1. The number of fused-ring (bicyclic) bond motifs is 2. The Balaban J connectivity index is 0.000000149. The van der Waals surface area contributed by atoms with Gasteiger partial charge in [0.15, 0.2) is 0 Å². The van der Waals surface area contributed by atoms with Gasteiger partial charge < -0.3 is 0 Å². The van der Waals surface area contributed by atoms with Crippen molar-refractivity contribution in [1.29, 1.82) is 0 Å². The summed E-state index contributed by atoms with van der Waals surface area (Å²) in [5, 5.41) is 3.92. The van der Waals surface area contributed by atoms with Crippen molar-refractivity contribution in [3.8, 4) is 0 Å². The van der Waals surface area contributed by atoms with Crippen LogP contribution in [0.4, 0.5) is 0 Å². The first-order valence-electron chi connectivity index (χ1n) is 14.8. The van der Waals surface area contributed by atoms with Crippen molar-refractivity contribution in [1.82, 2.24) is 14.0 Å². The summed E-state index contributed by atoms with van der Waals surface area (Å²) in [6.45, 7) is 15.7. The van der Waals surface area contributed by atoms with Gasteiger partial charge in [0, 0.05) is 29.0 Å². The number of carbonyl (C=O) groups excluding carboxylic acids is 2. The smallest absolute Gasteiger partial charge is 0.263 e. The summed E-state index contributed by atoms with van der Waals surface area (Å²) in [6.07, 6.45) is 7.73. The molecule has 2 amide bonds. The number of hydrazone groups is 1. The molecular formula is C29H44N4O6S2. The van der Waals surface area contributed by atoms with Crippen molar-refractivity contribution in [3.63, 3.8) is 0 Å². The molecule has 12 heteroatoms. The van der Waals surface area contributed by atoms with Crippen molar-refractivity contribution in [3.05, 3.63) is 12.2 Å². The molecule has 7 aliphatic rings. The Morgan fingerprint density at radius 2 is 1.32 bits per heavy atom. The summed E-state index contributed by atoms with van der Waals surface area (Å²) in [5.41, 5.74) is 1.68. The molecule has 6 fully saturated rings. The van der Waals surface area contributed by atoms with Crippen LogP contribution in [0.2, 0.25) is 0 Å². The highest BCUT2D eigenvalue weighted by Gasteiger charge is 2.74. The first-order chi connectivity index (χ1) is 18.8. The molecule has 2 saturated heterocycles. The number of carbonyl (C=O) groups is 2.